The summed E-state index contributed by atoms with van der Waals surface area (Å²) in [5, 5.41) is 8.99. The second-order valence-electron chi connectivity index (χ2n) is 7.54. The summed E-state index contributed by atoms with van der Waals surface area (Å²) in [5.41, 5.74) is 4.59. The summed E-state index contributed by atoms with van der Waals surface area (Å²) >= 11 is 3.37. The van der Waals surface area contributed by atoms with Gasteiger partial charge in [0.05, 0.1) is 17.8 Å². The van der Waals surface area contributed by atoms with Gasteiger partial charge in [-0.05, 0) is 75.9 Å². The second-order valence-corrected chi connectivity index (χ2v) is 8.40. The van der Waals surface area contributed by atoms with E-state index in [4.69, 9.17) is 9.47 Å². The normalized spacial score (nSPS) is 10.6. The van der Waals surface area contributed by atoms with Gasteiger partial charge in [0.2, 0.25) is 0 Å². The highest BCUT2D eigenvalue weighted by Gasteiger charge is 2.15. The Morgan fingerprint density at radius 3 is 2.46 bits per heavy atom. The van der Waals surface area contributed by atoms with Gasteiger partial charge in [0.1, 0.15) is 5.82 Å². The first-order valence-corrected chi connectivity index (χ1v) is 11.9. The van der Waals surface area contributed by atoms with Crippen molar-refractivity contribution in [3.63, 3.8) is 0 Å². The molecule has 0 spiro atoms. The van der Waals surface area contributed by atoms with Gasteiger partial charge in [0.15, 0.2) is 18.1 Å². The molecule has 0 saturated heterocycles. The maximum atomic E-state index is 13.0. The predicted octanol–water partition coefficient (Wildman–Crippen LogP) is 4.27. The Balaban J connectivity index is 1.58. The fraction of sp³-hybridized carbons (Fsp3) is 0.154. The number of benzene rings is 3. The van der Waals surface area contributed by atoms with Crippen molar-refractivity contribution in [2.24, 2.45) is 5.10 Å². The predicted molar refractivity (Wildman–Crippen MR) is 141 cm³/mol. The molecule has 3 N–H and O–H groups in total. The molecule has 0 aliphatic rings. The number of aryl methyl sites for hydroxylation is 1. The number of halogens is 2. The van der Waals surface area contributed by atoms with Gasteiger partial charge in [-0.3, -0.25) is 14.4 Å². The minimum Gasteiger partial charge on any atom is -0.493 e. The molecule has 9 nitrogen and oxygen atoms in total. The molecule has 0 saturated carbocycles. The maximum absolute atomic E-state index is 13.0. The molecule has 0 aliphatic carbocycles. The number of hydrogen-bond donors (Lipinski definition) is 3. The SMILES string of the molecule is CCc1ccccc1NC(=O)C(=O)N/N=C\c1cc(Br)c(OCC(=O)Nc2ccc(F)cc2)c(OC)c1. The summed E-state index contributed by atoms with van der Waals surface area (Å²) in [6.45, 7) is 1.62. The van der Waals surface area contributed by atoms with Crippen LogP contribution in [0.3, 0.4) is 0 Å². The van der Waals surface area contributed by atoms with Crippen LogP contribution in [-0.4, -0.2) is 37.7 Å². The molecule has 0 heterocycles. The van der Waals surface area contributed by atoms with Gasteiger partial charge in [-0.15, -0.1) is 0 Å². The van der Waals surface area contributed by atoms with Crippen LogP contribution in [0.15, 0.2) is 70.2 Å². The average molecular weight is 571 g/mol. The Kier molecular flexibility index (Phi) is 9.73. The largest absolute Gasteiger partial charge is 0.493 e. The molecule has 0 bridgehead atoms. The molecular formula is C26H24BrFN4O5. The Hall–Kier alpha value is -4.25. The van der Waals surface area contributed by atoms with E-state index in [0.717, 1.165) is 5.56 Å². The molecule has 0 aromatic heterocycles. The van der Waals surface area contributed by atoms with Gasteiger partial charge < -0.3 is 20.1 Å². The summed E-state index contributed by atoms with van der Waals surface area (Å²) in [5.74, 6) is -2.07. The van der Waals surface area contributed by atoms with E-state index in [1.54, 1.807) is 24.3 Å². The van der Waals surface area contributed by atoms with Crippen LogP contribution < -0.4 is 25.5 Å². The van der Waals surface area contributed by atoms with Gasteiger partial charge >= 0.3 is 11.8 Å². The molecule has 3 aromatic carbocycles. The number of hydrazone groups is 1. The number of anilines is 2. The van der Waals surface area contributed by atoms with Gasteiger partial charge in [0, 0.05) is 11.4 Å². The summed E-state index contributed by atoms with van der Waals surface area (Å²) in [7, 11) is 1.42. The zero-order valence-electron chi connectivity index (χ0n) is 20.0. The first-order valence-electron chi connectivity index (χ1n) is 11.1. The quantitative estimate of drug-likeness (QED) is 0.202. The highest BCUT2D eigenvalue weighted by molar-refractivity contribution is 9.10. The molecule has 37 heavy (non-hydrogen) atoms. The van der Waals surface area contributed by atoms with Crippen molar-refractivity contribution in [1.82, 2.24) is 5.43 Å². The minimum atomic E-state index is -0.930. The molecule has 3 rings (SSSR count). The third kappa shape index (κ3) is 7.87. The first-order chi connectivity index (χ1) is 17.8. The van der Waals surface area contributed by atoms with Crippen LogP contribution in [0.4, 0.5) is 15.8 Å². The third-order valence-electron chi connectivity index (χ3n) is 4.96. The third-order valence-corrected chi connectivity index (χ3v) is 5.55. The number of carbonyl (C=O) groups is 3. The molecule has 0 radical (unpaired) electrons. The molecule has 0 atom stereocenters. The minimum absolute atomic E-state index is 0.270. The van der Waals surface area contributed by atoms with E-state index in [2.05, 4.69) is 37.1 Å². The van der Waals surface area contributed by atoms with Crippen molar-refractivity contribution in [1.29, 1.82) is 0 Å². The van der Waals surface area contributed by atoms with Crippen LogP contribution in [0.25, 0.3) is 0 Å². The maximum Gasteiger partial charge on any atom is 0.329 e. The average Bonchev–Trinajstić information content (AvgIpc) is 2.89. The summed E-state index contributed by atoms with van der Waals surface area (Å²) in [6.07, 6.45) is 2.02. The zero-order valence-corrected chi connectivity index (χ0v) is 21.6. The number of para-hydroxylation sites is 1. The Labute approximate surface area is 221 Å². The van der Waals surface area contributed by atoms with Crippen molar-refractivity contribution in [3.8, 4) is 11.5 Å². The molecule has 0 aliphatic heterocycles. The summed E-state index contributed by atoms with van der Waals surface area (Å²) in [4.78, 5) is 36.5. The van der Waals surface area contributed by atoms with E-state index in [1.165, 1.54) is 37.6 Å². The first kappa shape index (κ1) is 27.3. The van der Waals surface area contributed by atoms with Crippen LogP contribution in [-0.2, 0) is 20.8 Å². The van der Waals surface area contributed by atoms with Crippen molar-refractivity contribution >= 4 is 51.2 Å². The number of ether oxygens (including phenoxy) is 2. The van der Waals surface area contributed by atoms with Crippen LogP contribution in [0.1, 0.15) is 18.1 Å². The van der Waals surface area contributed by atoms with Gasteiger partial charge in [0.25, 0.3) is 5.91 Å². The molecule has 0 fully saturated rings. The lowest BCUT2D eigenvalue weighted by Gasteiger charge is -2.13. The molecule has 192 valence electrons. The van der Waals surface area contributed by atoms with E-state index >= 15 is 0 Å². The van der Waals surface area contributed by atoms with Crippen molar-refractivity contribution in [2.75, 3.05) is 24.4 Å². The number of carbonyl (C=O) groups excluding carboxylic acids is 3. The number of amides is 3. The molecule has 3 aromatic rings. The Morgan fingerprint density at radius 2 is 1.76 bits per heavy atom. The number of hydrogen-bond acceptors (Lipinski definition) is 6. The fourth-order valence-electron chi connectivity index (χ4n) is 3.17. The molecular weight excluding hydrogens is 547 g/mol. The van der Waals surface area contributed by atoms with Crippen LogP contribution in [0.5, 0.6) is 11.5 Å². The zero-order chi connectivity index (χ0) is 26.8. The van der Waals surface area contributed by atoms with Crippen LogP contribution >= 0.6 is 15.9 Å². The van der Waals surface area contributed by atoms with E-state index in [-0.39, 0.29) is 12.4 Å². The second kappa shape index (κ2) is 13.2. The molecule has 3 amide bonds. The van der Waals surface area contributed by atoms with E-state index < -0.39 is 23.5 Å². The lowest BCUT2D eigenvalue weighted by molar-refractivity contribution is -0.136. The van der Waals surface area contributed by atoms with Crippen molar-refractivity contribution < 1.29 is 28.2 Å². The number of methoxy groups -OCH3 is 1. The summed E-state index contributed by atoms with van der Waals surface area (Å²) in [6, 6.07) is 15.7. The topological polar surface area (TPSA) is 118 Å². The van der Waals surface area contributed by atoms with Crippen molar-refractivity contribution in [3.05, 3.63) is 82.1 Å². The van der Waals surface area contributed by atoms with Crippen LogP contribution in [0.2, 0.25) is 0 Å². The smallest absolute Gasteiger partial charge is 0.329 e. The molecule has 11 heteroatoms. The number of nitrogens with zero attached hydrogens (tertiary/aromatic N) is 1. The Morgan fingerprint density at radius 1 is 1.03 bits per heavy atom. The Bertz CT molecular complexity index is 1310. The van der Waals surface area contributed by atoms with E-state index in [9.17, 15) is 18.8 Å². The van der Waals surface area contributed by atoms with Gasteiger partial charge in [-0.25, -0.2) is 9.82 Å². The lowest BCUT2D eigenvalue weighted by atomic mass is 10.1. The molecule has 0 unspecified atom stereocenters. The van der Waals surface area contributed by atoms with Crippen LogP contribution in [0, 0.1) is 5.82 Å². The van der Waals surface area contributed by atoms with E-state index in [0.29, 0.717) is 33.6 Å². The van der Waals surface area contributed by atoms with Gasteiger partial charge in [-0.1, -0.05) is 25.1 Å². The highest BCUT2D eigenvalue weighted by atomic mass is 79.9. The number of rotatable bonds is 9. The van der Waals surface area contributed by atoms with Gasteiger partial charge in [-0.2, -0.15) is 5.10 Å². The van der Waals surface area contributed by atoms with E-state index in [1.807, 2.05) is 19.1 Å². The van der Waals surface area contributed by atoms with Crippen molar-refractivity contribution in [2.45, 2.75) is 13.3 Å². The monoisotopic (exact) mass is 570 g/mol. The fourth-order valence-corrected chi connectivity index (χ4v) is 3.74. The summed E-state index contributed by atoms with van der Waals surface area (Å²) < 4.78 is 24.4. The standard InChI is InChI=1S/C26H24BrFN4O5/c1-3-17-6-4-5-7-21(17)31-25(34)26(35)32-29-14-16-12-20(27)24(22(13-16)36-2)37-15-23(33)30-19-10-8-18(28)9-11-19/h4-14H,3,15H2,1-2H3,(H,30,33)(H,31,34)(H,32,35)/b29-14-. The number of nitrogens with one attached hydrogen (secondary N) is 3. The highest BCUT2D eigenvalue weighted by Crippen LogP contribution is 2.36. The lowest BCUT2D eigenvalue weighted by Crippen LogP contribution is -2.32.